The second-order valence-electron chi connectivity index (χ2n) is 7.20. The lowest BCUT2D eigenvalue weighted by Crippen LogP contribution is -2.40. The molecule has 0 aliphatic carbocycles. The van der Waals surface area contributed by atoms with Crippen LogP contribution in [0.5, 0.6) is 5.75 Å². The number of nitrogens with one attached hydrogen (secondary N) is 3. The first-order valence-corrected chi connectivity index (χ1v) is 9.72. The van der Waals surface area contributed by atoms with Gasteiger partial charge in [0, 0.05) is 28.8 Å². The molecule has 1 atom stereocenters. The number of ether oxygens (including phenoxy) is 1. The van der Waals surface area contributed by atoms with Crippen LogP contribution in [0.15, 0.2) is 53.6 Å². The normalized spacial score (nSPS) is 18.4. The maximum atomic E-state index is 12.4. The molecule has 0 bridgehead atoms. The Bertz CT molecular complexity index is 924. The number of urea groups is 1. The number of hydrogen-bond acceptors (Lipinski definition) is 4. The standard InChI is InChI=1S/C22H26N4O3/c1-4-22(3)14-19(27)25-26-20(22)15-7-6-8-17(13-15)24-21(28)23-16-9-11-18(12-10-16)29-5-2/h6-13H,4-5,14H2,1-3H3,(H,25,27)(H2,23,24,28). The van der Waals surface area contributed by atoms with E-state index in [0.717, 1.165) is 23.4 Å². The van der Waals surface area contributed by atoms with Gasteiger partial charge in [-0.2, -0.15) is 5.10 Å². The maximum absolute atomic E-state index is 12.4. The van der Waals surface area contributed by atoms with Crippen LogP contribution in [0.25, 0.3) is 0 Å². The molecule has 29 heavy (non-hydrogen) atoms. The molecule has 7 heteroatoms. The number of benzene rings is 2. The molecule has 2 aromatic carbocycles. The van der Waals surface area contributed by atoms with E-state index in [0.29, 0.717) is 24.4 Å². The third kappa shape index (κ3) is 4.93. The number of anilines is 2. The van der Waals surface area contributed by atoms with Gasteiger partial charge in [0.25, 0.3) is 0 Å². The van der Waals surface area contributed by atoms with E-state index in [2.05, 4.69) is 21.2 Å². The summed E-state index contributed by atoms with van der Waals surface area (Å²) in [5.41, 5.74) is 5.22. The summed E-state index contributed by atoms with van der Waals surface area (Å²) in [5, 5.41) is 9.93. The Morgan fingerprint density at radius 3 is 2.55 bits per heavy atom. The van der Waals surface area contributed by atoms with Gasteiger partial charge < -0.3 is 15.4 Å². The minimum atomic E-state index is -0.344. The molecule has 1 heterocycles. The second-order valence-corrected chi connectivity index (χ2v) is 7.20. The first-order chi connectivity index (χ1) is 13.9. The Balaban J connectivity index is 1.71. The molecule has 152 valence electrons. The molecule has 1 aliphatic rings. The number of hydrogen-bond donors (Lipinski definition) is 3. The number of hydrazone groups is 1. The zero-order valence-electron chi connectivity index (χ0n) is 16.9. The number of carbonyl (C=O) groups excluding carboxylic acids is 2. The fraction of sp³-hybridized carbons (Fsp3) is 0.318. The summed E-state index contributed by atoms with van der Waals surface area (Å²) in [6.07, 6.45) is 1.17. The lowest BCUT2D eigenvalue weighted by molar-refractivity contribution is -0.123. The van der Waals surface area contributed by atoms with Crippen molar-refractivity contribution in [2.75, 3.05) is 17.2 Å². The largest absolute Gasteiger partial charge is 0.494 e. The average molecular weight is 394 g/mol. The maximum Gasteiger partial charge on any atom is 0.323 e. The van der Waals surface area contributed by atoms with Crippen LogP contribution < -0.4 is 20.8 Å². The highest BCUT2D eigenvalue weighted by molar-refractivity contribution is 6.09. The Labute approximate surface area is 170 Å². The summed E-state index contributed by atoms with van der Waals surface area (Å²) >= 11 is 0. The van der Waals surface area contributed by atoms with E-state index in [1.54, 1.807) is 24.3 Å². The van der Waals surface area contributed by atoms with E-state index < -0.39 is 0 Å². The molecule has 3 N–H and O–H groups in total. The topological polar surface area (TPSA) is 91.8 Å². The Kier molecular flexibility index (Phi) is 6.16. The van der Waals surface area contributed by atoms with E-state index in [4.69, 9.17) is 4.74 Å². The zero-order chi connectivity index (χ0) is 20.9. The van der Waals surface area contributed by atoms with E-state index in [1.165, 1.54) is 0 Å². The minimum absolute atomic E-state index is 0.0814. The van der Waals surface area contributed by atoms with Crippen molar-refractivity contribution in [3.8, 4) is 5.75 Å². The van der Waals surface area contributed by atoms with Crippen molar-refractivity contribution < 1.29 is 14.3 Å². The molecule has 2 aromatic rings. The summed E-state index contributed by atoms with van der Waals surface area (Å²) in [4.78, 5) is 24.1. The van der Waals surface area contributed by atoms with Gasteiger partial charge in [0.2, 0.25) is 5.91 Å². The molecule has 1 aliphatic heterocycles. The van der Waals surface area contributed by atoms with E-state index in [9.17, 15) is 9.59 Å². The van der Waals surface area contributed by atoms with Crippen LogP contribution in [0.3, 0.4) is 0 Å². The average Bonchev–Trinajstić information content (AvgIpc) is 2.70. The van der Waals surface area contributed by atoms with Crippen LogP contribution in [0.2, 0.25) is 0 Å². The molecule has 3 amide bonds. The highest BCUT2D eigenvalue weighted by atomic mass is 16.5. The van der Waals surface area contributed by atoms with Crippen molar-refractivity contribution in [2.24, 2.45) is 10.5 Å². The molecule has 7 nitrogen and oxygen atoms in total. The third-order valence-electron chi connectivity index (χ3n) is 5.01. The van der Waals surface area contributed by atoms with Gasteiger partial charge in [0.05, 0.1) is 12.3 Å². The van der Waals surface area contributed by atoms with E-state index >= 15 is 0 Å². The number of rotatable bonds is 6. The molecular weight excluding hydrogens is 368 g/mol. The lowest BCUT2D eigenvalue weighted by atomic mass is 9.75. The van der Waals surface area contributed by atoms with Gasteiger partial charge in [-0.1, -0.05) is 26.0 Å². The van der Waals surface area contributed by atoms with Crippen LogP contribution >= 0.6 is 0 Å². The van der Waals surface area contributed by atoms with Gasteiger partial charge >= 0.3 is 6.03 Å². The fourth-order valence-corrected chi connectivity index (χ4v) is 3.28. The molecule has 1 unspecified atom stereocenters. The van der Waals surface area contributed by atoms with Crippen molar-refractivity contribution in [3.63, 3.8) is 0 Å². The number of amides is 3. The zero-order valence-corrected chi connectivity index (χ0v) is 16.9. The number of nitrogens with zero attached hydrogens (tertiary/aromatic N) is 1. The van der Waals surface area contributed by atoms with Gasteiger partial charge in [-0.15, -0.1) is 0 Å². The quantitative estimate of drug-likeness (QED) is 0.679. The van der Waals surface area contributed by atoms with Crippen LogP contribution in [0.4, 0.5) is 16.2 Å². The van der Waals surface area contributed by atoms with Crippen molar-refractivity contribution >= 4 is 29.0 Å². The predicted molar refractivity (Wildman–Crippen MR) is 114 cm³/mol. The van der Waals surface area contributed by atoms with Crippen molar-refractivity contribution in [3.05, 3.63) is 54.1 Å². The molecule has 0 saturated heterocycles. The van der Waals surface area contributed by atoms with Gasteiger partial charge in [-0.25, -0.2) is 10.2 Å². The smallest absolute Gasteiger partial charge is 0.323 e. The van der Waals surface area contributed by atoms with E-state index in [-0.39, 0.29) is 17.4 Å². The van der Waals surface area contributed by atoms with Gasteiger partial charge in [-0.05, 0) is 49.7 Å². The van der Waals surface area contributed by atoms with Gasteiger partial charge in [0.1, 0.15) is 5.75 Å². The predicted octanol–water partition coefficient (Wildman–Crippen LogP) is 4.37. The van der Waals surface area contributed by atoms with Crippen molar-refractivity contribution in [1.29, 1.82) is 0 Å². The summed E-state index contributed by atoms with van der Waals surface area (Å²) < 4.78 is 5.40. The van der Waals surface area contributed by atoms with Gasteiger partial charge in [0.15, 0.2) is 0 Å². The van der Waals surface area contributed by atoms with Crippen molar-refractivity contribution in [1.82, 2.24) is 5.43 Å². The Morgan fingerprint density at radius 1 is 1.14 bits per heavy atom. The first-order valence-electron chi connectivity index (χ1n) is 9.72. The molecule has 0 fully saturated rings. The van der Waals surface area contributed by atoms with Crippen LogP contribution in [0, 0.1) is 5.41 Å². The van der Waals surface area contributed by atoms with Gasteiger partial charge in [-0.3, -0.25) is 4.79 Å². The Hall–Kier alpha value is -3.35. The van der Waals surface area contributed by atoms with Crippen molar-refractivity contribution in [2.45, 2.75) is 33.6 Å². The van der Waals surface area contributed by atoms with Crippen LogP contribution in [-0.4, -0.2) is 24.3 Å². The SMILES string of the molecule is CCOc1ccc(NC(=O)Nc2cccc(C3=NNC(=O)CC3(C)CC)c2)cc1. The number of carbonyl (C=O) groups is 2. The van der Waals surface area contributed by atoms with Crippen LogP contribution in [-0.2, 0) is 4.79 Å². The fourth-order valence-electron chi connectivity index (χ4n) is 3.28. The Morgan fingerprint density at radius 2 is 1.86 bits per heavy atom. The second kappa shape index (κ2) is 8.77. The highest BCUT2D eigenvalue weighted by Crippen LogP contribution is 2.33. The summed E-state index contributed by atoms with van der Waals surface area (Å²) in [6.45, 7) is 6.59. The highest BCUT2D eigenvalue weighted by Gasteiger charge is 2.35. The first kappa shape index (κ1) is 20.4. The monoisotopic (exact) mass is 394 g/mol. The lowest BCUT2D eigenvalue weighted by Gasteiger charge is -2.32. The molecular formula is C22H26N4O3. The molecule has 0 spiro atoms. The summed E-state index contributed by atoms with van der Waals surface area (Å²) in [6, 6.07) is 14.3. The molecule has 0 radical (unpaired) electrons. The van der Waals surface area contributed by atoms with Crippen LogP contribution in [0.1, 0.15) is 39.2 Å². The molecule has 0 aromatic heterocycles. The van der Waals surface area contributed by atoms with E-state index in [1.807, 2.05) is 45.0 Å². The molecule has 3 rings (SSSR count). The summed E-state index contributed by atoms with van der Waals surface area (Å²) in [7, 11) is 0. The summed E-state index contributed by atoms with van der Waals surface area (Å²) in [5.74, 6) is 0.674. The third-order valence-corrected chi connectivity index (χ3v) is 5.01. The minimum Gasteiger partial charge on any atom is -0.494 e. The molecule has 0 saturated carbocycles.